The van der Waals surface area contributed by atoms with Gasteiger partial charge in [-0.25, -0.2) is 0 Å². The van der Waals surface area contributed by atoms with Gasteiger partial charge in [0.25, 0.3) is 0 Å². The van der Waals surface area contributed by atoms with Crippen molar-refractivity contribution in [2.24, 2.45) is 5.11 Å². The topological polar surface area (TPSA) is 75.1 Å². The number of hydrogen-bond acceptors (Lipinski definition) is 2. The first-order chi connectivity index (χ1) is 7.26. The molecule has 0 saturated carbocycles. The van der Waals surface area contributed by atoms with Crippen LogP contribution < -0.4 is 4.74 Å². The van der Waals surface area contributed by atoms with Gasteiger partial charge in [0, 0.05) is 4.91 Å². The van der Waals surface area contributed by atoms with Gasteiger partial charge >= 0.3 is 0 Å². The van der Waals surface area contributed by atoms with Crippen molar-refractivity contribution >= 4 is 12.0 Å². The van der Waals surface area contributed by atoms with Crippen LogP contribution in [0.15, 0.2) is 35.5 Å². The Morgan fingerprint density at radius 1 is 1.47 bits per heavy atom. The fourth-order valence-corrected chi connectivity index (χ4v) is 0.960. The zero-order valence-electron chi connectivity index (χ0n) is 8.12. The molecule has 0 heterocycles. The molecule has 0 aliphatic carbocycles. The van der Waals surface area contributed by atoms with Gasteiger partial charge in [0.15, 0.2) is 0 Å². The second-order valence-electron chi connectivity index (χ2n) is 2.63. The Balaban J connectivity index is 2.72. The predicted molar refractivity (Wildman–Crippen MR) is 56.2 cm³/mol. The van der Waals surface area contributed by atoms with Crippen molar-refractivity contribution in [3.8, 4) is 5.75 Å². The zero-order valence-corrected chi connectivity index (χ0v) is 8.12. The molecule has 0 N–H and O–H groups in total. The standard InChI is InChI=1S/C10H9N3O2/c1-15-9-5-2-8(3-6-9)4-7-10(14)12-13-11/h2-7H,1H3/b7-4+. The van der Waals surface area contributed by atoms with Gasteiger partial charge in [0.05, 0.1) is 7.11 Å². The summed E-state index contributed by atoms with van der Waals surface area (Å²) in [5.41, 5.74) is 8.82. The molecular formula is C10H9N3O2. The molecule has 15 heavy (non-hydrogen) atoms. The number of carbonyl (C=O) groups is 1. The van der Waals surface area contributed by atoms with Gasteiger partial charge in [-0.3, -0.25) is 4.79 Å². The molecule has 0 atom stereocenters. The number of benzene rings is 1. The minimum absolute atomic E-state index is 0.617. The Hall–Kier alpha value is -2.26. The third-order valence-electron chi connectivity index (χ3n) is 1.68. The van der Waals surface area contributed by atoms with Gasteiger partial charge in [-0.15, -0.1) is 0 Å². The quantitative estimate of drug-likeness (QED) is 0.327. The van der Waals surface area contributed by atoms with Crippen LogP contribution in [-0.4, -0.2) is 13.0 Å². The number of azide groups is 1. The van der Waals surface area contributed by atoms with Gasteiger partial charge in [-0.2, -0.15) is 0 Å². The molecule has 0 aliphatic rings. The summed E-state index contributed by atoms with van der Waals surface area (Å²) in [5, 5.41) is 2.90. The van der Waals surface area contributed by atoms with E-state index in [1.807, 2.05) is 0 Å². The lowest BCUT2D eigenvalue weighted by Gasteiger charge is -1.98. The smallest absolute Gasteiger partial charge is 0.242 e. The van der Waals surface area contributed by atoms with Crippen LogP contribution in [0.4, 0.5) is 0 Å². The molecular weight excluding hydrogens is 194 g/mol. The molecule has 0 unspecified atom stereocenters. The van der Waals surface area contributed by atoms with E-state index in [0.29, 0.717) is 0 Å². The SMILES string of the molecule is COc1ccc(/C=C/C(=O)N=[N+]=[N-])cc1. The van der Waals surface area contributed by atoms with Crippen molar-refractivity contribution < 1.29 is 9.53 Å². The van der Waals surface area contributed by atoms with Crippen LogP contribution in [0, 0.1) is 0 Å². The third kappa shape index (κ3) is 3.54. The van der Waals surface area contributed by atoms with Crippen LogP contribution in [-0.2, 0) is 4.79 Å². The summed E-state index contributed by atoms with van der Waals surface area (Å²) in [6.07, 6.45) is 2.78. The first kappa shape index (κ1) is 10.8. The van der Waals surface area contributed by atoms with Crippen LogP contribution in [0.5, 0.6) is 5.75 Å². The summed E-state index contributed by atoms with van der Waals surface area (Å²) < 4.78 is 4.98. The second kappa shape index (κ2) is 5.47. The minimum Gasteiger partial charge on any atom is -0.497 e. The fraction of sp³-hybridized carbons (Fsp3) is 0.100. The lowest BCUT2D eigenvalue weighted by molar-refractivity contribution is -0.113. The van der Waals surface area contributed by atoms with E-state index in [-0.39, 0.29) is 0 Å². The molecule has 0 saturated heterocycles. The normalized spacial score (nSPS) is 9.67. The maximum Gasteiger partial charge on any atom is 0.242 e. The van der Waals surface area contributed by atoms with E-state index in [0.717, 1.165) is 11.3 Å². The van der Waals surface area contributed by atoms with Crippen molar-refractivity contribution in [2.75, 3.05) is 7.11 Å². The van der Waals surface area contributed by atoms with Gasteiger partial charge in [-0.1, -0.05) is 18.2 Å². The molecule has 5 heteroatoms. The number of rotatable bonds is 3. The monoisotopic (exact) mass is 203 g/mol. The minimum atomic E-state index is -0.617. The van der Waals surface area contributed by atoms with Crippen LogP contribution in [0.2, 0.25) is 0 Å². The summed E-state index contributed by atoms with van der Waals surface area (Å²) >= 11 is 0. The Morgan fingerprint density at radius 2 is 2.13 bits per heavy atom. The van der Waals surface area contributed by atoms with Crippen molar-refractivity contribution in [1.29, 1.82) is 0 Å². The molecule has 0 aliphatic heterocycles. The molecule has 0 aromatic heterocycles. The number of amides is 1. The van der Waals surface area contributed by atoms with E-state index >= 15 is 0 Å². The predicted octanol–water partition coefficient (Wildman–Crippen LogP) is 2.55. The molecule has 0 spiro atoms. The van der Waals surface area contributed by atoms with E-state index in [1.165, 1.54) is 6.08 Å². The Bertz CT molecular complexity index is 417. The van der Waals surface area contributed by atoms with Crippen molar-refractivity contribution in [1.82, 2.24) is 0 Å². The van der Waals surface area contributed by atoms with Gasteiger partial charge in [-0.05, 0) is 34.4 Å². The fourth-order valence-electron chi connectivity index (χ4n) is 0.960. The highest BCUT2D eigenvalue weighted by Crippen LogP contribution is 2.12. The van der Waals surface area contributed by atoms with Gasteiger partial charge in [0.1, 0.15) is 5.75 Å². The van der Waals surface area contributed by atoms with Crippen LogP contribution in [0.1, 0.15) is 5.56 Å². The van der Waals surface area contributed by atoms with E-state index < -0.39 is 5.91 Å². The Labute approximate surface area is 86.6 Å². The number of nitrogens with zero attached hydrogens (tertiary/aromatic N) is 3. The first-order valence-electron chi connectivity index (χ1n) is 4.17. The molecule has 5 nitrogen and oxygen atoms in total. The molecule has 76 valence electrons. The van der Waals surface area contributed by atoms with Gasteiger partial charge in [0.2, 0.25) is 5.91 Å². The van der Waals surface area contributed by atoms with Crippen molar-refractivity contribution in [3.05, 3.63) is 46.3 Å². The molecule has 0 fully saturated rings. The Kier molecular flexibility index (Phi) is 3.94. The van der Waals surface area contributed by atoms with E-state index in [9.17, 15) is 4.79 Å². The number of ether oxygens (including phenoxy) is 1. The van der Waals surface area contributed by atoms with E-state index in [2.05, 4.69) is 10.0 Å². The number of carbonyl (C=O) groups excluding carboxylic acids is 1. The molecule has 0 radical (unpaired) electrons. The molecule has 1 aromatic rings. The van der Waals surface area contributed by atoms with Crippen LogP contribution >= 0.6 is 0 Å². The third-order valence-corrected chi connectivity index (χ3v) is 1.68. The lowest BCUT2D eigenvalue weighted by Crippen LogP contribution is -1.84. The largest absolute Gasteiger partial charge is 0.497 e. The second-order valence-corrected chi connectivity index (χ2v) is 2.63. The number of hydrogen-bond donors (Lipinski definition) is 0. The first-order valence-corrected chi connectivity index (χ1v) is 4.17. The van der Waals surface area contributed by atoms with Crippen LogP contribution in [0.25, 0.3) is 16.5 Å². The van der Waals surface area contributed by atoms with Crippen molar-refractivity contribution in [2.45, 2.75) is 0 Å². The average molecular weight is 203 g/mol. The van der Waals surface area contributed by atoms with Crippen LogP contribution in [0.3, 0.4) is 0 Å². The Morgan fingerprint density at radius 3 is 2.67 bits per heavy atom. The summed E-state index contributed by atoms with van der Waals surface area (Å²) in [6.45, 7) is 0. The summed E-state index contributed by atoms with van der Waals surface area (Å²) in [5.74, 6) is 0.127. The summed E-state index contributed by atoms with van der Waals surface area (Å²) in [6, 6.07) is 7.13. The number of methoxy groups -OCH3 is 1. The summed E-state index contributed by atoms with van der Waals surface area (Å²) in [7, 11) is 1.58. The molecule has 0 bridgehead atoms. The van der Waals surface area contributed by atoms with E-state index in [4.69, 9.17) is 10.3 Å². The lowest BCUT2D eigenvalue weighted by atomic mass is 10.2. The van der Waals surface area contributed by atoms with E-state index in [1.54, 1.807) is 37.5 Å². The molecule has 1 amide bonds. The highest BCUT2D eigenvalue weighted by molar-refractivity contribution is 5.92. The molecule has 1 aromatic carbocycles. The van der Waals surface area contributed by atoms with Gasteiger partial charge < -0.3 is 4.74 Å². The maximum absolute atomic E-state index is 10.8. The maximum atomic E-state index is 10.8. The molecule has 1 rings (SSSR count). The summed E-state index contributed by atoms with van der Waals surface area (Å²) in [4.78, 5) is 13.2. The average Bonchev–Trinajstić information content (AvgIpc) is 2.27. The van der Waals surface area contributed by atoms with Crippen molar-refractivity contribution in [3.63, 3.8) is 0 Å². The highest BCUT2D eigenvalue weighted by atomic mass is 16.5. The highest BCUT2D eigenvalue weighted by Gasteiger charge is 1.92. The zero-order chi connectivity index (χ0) is 11.1.